The Kier molecular flexibility index (Phi) is 4.77. The fourth-order valence-corrected chi connectivity index (χ4v) is 3.35. The van der Waals surface area contributed by atoms with Crippen molar-refractivity contribution in [3.05, 3.63) is 59.9 Å². The number of carbonyl (C=O) groups is 2. The SMILES string of the molecule is O=C(OCc1nc2ccccc2n1C(F)F)c1cccc(N2CCCC2=O)c1. The lowest BCUT2D eigenvalue weighted by atomic mass is 10.2. The van der Waals surface area contributed by atoms with Crippen molar-refractivity contribution >= 4 is 28.6 Å². The summed E-state index contributed by atoms with van der Waals surface area (Å²) in [7, 11) is 0. The Morgan fingerprint density at radius 3 is 2.75 bits per heavy atom. The van der Waals surface area contributed by atoms with Crippen molar-refractivity contribution in [2.45, 2.75) is 26.0 Å². The molecule has 0 radical (unpaired) electrons. The number of hydrogen-bond donors (Lipinski definition) is 0. The van der Waals surface area contributed by atoms with E-state index in [0.717, 1.165) is 11.0 Å². The number of anilines is 1. The number of aromatic nitrogens is 2. The van der Waals surface area contributed by atoms with Crippen LogP contribution in [0.1, 0.15) is 35.6 Å². The molecule has 1 aromatic heterocycles. The van der Waals surface area contributed by atoms with E-state index in [1.54, 1.807) is 47.4 Å². The molecule has 0 saturated carbocycles. The Morgan fingerprint density at radius 1 is 1.18 bits per heavy atom. The summed E-state index contributed by atoms with van der Waals surface area (Å²) in [4.78, 5) is 30.1. The van der Waals surface area contributed by atoms with E-state index in [-0.39, 0.29) is 29.4 Å². The highest BCUT2D eigenvalue weighted by molar-refractivity contribution is 5.97. The number of benzene rings is 2. The average molecular weight is 385 g/mol. The van der Waals surface area contributed by atoms with Gasteiger partial charge in [0.05, 0.1) is 16.6 Å². The highest BCUT2D eigenvalue weighted by Gasteiger charge is 2.23. The van der Waals surface area contributed by atoms with E-state index in [1.807, 2.05) is 0 Å². The number of ether oxygens (including phenoxy) is 1. The molecule has 0 atom stereocenters. The van der Waals surface area contributed by atoms with Crippen molar-refractivity contribution in [3.8, 4) is 0 Å². The molecule has 1 amide bonds. The fourth-order valence-electron chi connectivity index (χ4n) is 3.35. The number of para-hydroxylation sites is 2. The first-order chi connectivity index (χ1) is 13.5. The summed E-state index contributed by atoms with van der Waals surface area (Å²) in [5.41, 5.74) is 1.55. The molecule has 0 unspecified atom stereocenters. The Balaban J connectivity index is 1.53. The number of imidazole rings is 1. The van der Waals surface area contributed by atoms with Gasteiger partial charge < -0.3 is 9.64 Å². The summed E-state index contributed by atoms with van der Waals surface area (Å²) >= 11 is 0. The van der Waals surface area contributed by atoms with Crippen molar-refractivity contribution < 1.29 is 23.1 Å². The van der Waals surface area contributed by atoms with Crippen LogP contribution in [0.15, 0.2) is 48.5 Å². The van der Waals surface area contributed by atoms with Gasteiger partial charge in [-0.05, 0) is 36.8 Å². The lowest BCUT2D eigenvalue weighted by Gasteiger charge is -2.16. The van der Waals surface area contributed by atoms with Crippen LogP contribution in [0.4, 0.5) is 14.5 Å². The maximum absolute atomic E-state index is 13.4. The van der Waals surface area contributed by atoms with Crippen LogP contribution in [0.25, 0.3) is 11.0 Å². The molecule has 8 heteroatoms. The summed E-state index contributed by atoms with van der Waals surface area (Å²) in [6.07, 6.45) is 1.26. The molecule has 0 bridgehead atoms. The monoisotopic (exact) mass is 385 g/mol. The van der Waals surface area contributed by atoms with Crippen LogP contribution in [-0.4, -0.2) is 28.0 Å². The van der Waals surface area contributed by atoms with E-state index in [2.05, 4.69) is 4.98 Å². The largest absolute Gasteiger partial charge is 0.454 e. The Morgan fingerprint density at radius 2 is 2.00 bits per heavy atom. The third kappa shape index (κ3) is 3.33. The van der Waals surface area contributed by atoms with Gasteiger partial charge in [0.25, 0.3) is 0 Å². The van der Waals surface area contributed by atoms with Crippen LogP contribution in [0.2, 0.25) is 0 Å². The molecule has 0 aliphatic carbocycles. The zero-order valence-corrected chi connectivity index (χ0v) is 14.8. The molecule has 1 fully saturated rings. The molecule has 28 heavy (non-hydrogen) atoms. The standard InChI is InChI=1S/C20H17F2N3O3/c21-20(22)25-16-8-2-1-7-15(16)23-17(25)12-28-19(27)13-5-3-6-14(11-13)24-10-4-9-18(24)26/h1-3,5-8,11,20H,4,9-10,12H2. The van der Waals surface area contributed by atoms with Crippen LogP contribution in [0.5, 0.6) is 0 Å². The quantitative estimate of drug-likeness (QED) is 0.625. The van der Waals surface area contributed by atoms with Gasteiger partial charge in [-0.2, -0.15) is 8.78 Å². The molecule has 3 aromatic rings. The summed E-state index contributed by atoms with van der Waals surface area (Å²) in [6, 6.07) is 13.0. The first-order valence-corrected chi connectivity index (χ1v) is 8.86. The van der Waals surface area contributed by atoms with Gasteiger partial charge in [-0.1, -0.05) is 18.2 Å². The van der Waals surface area contributed by atoms with E-state index in [1.165, 1.54) is 6.07 Å². The van der Waals surface area contributed by atoms with Crippen molar-refractivity contribution in [1.82, 2.24) is 9.55 Å². The van der Waals surface area contributed by atoms with Crippen LogP contribution in [-0.2, 0) is 16.1 Å². The molecule has 4 rings (SSSR count). The number of hydrogen-bond acceptors (Lipinski definition) is 4. The van der Waals surface area contributed by atoms with Crippen LogP contribution >= 0.6 is 0 Å². The van der Waals surface area contributed by atoms with Gasteiger partial charge in [0.2, 0.25) is 5.91 Å². The topological polar surface area (TPSA) is 64.4 Å². The first kappa shape index (κ1) is 18.1. The zero-order valence-electron chi connectivity index (χ0n) is 14.8. The van der Waals surface area contributed by atoms with Crippen molar-refractivity contribution in [2.75, 3.05) is 11.4 Å². The van der Waals surface area contributed by atoms with Crippen molar-refractivity contribution in [3.63, 3.8) is 0 Å². The van der Waals surface area contributed by atoms with Gasteiger partial charge in [0.15, 0.2) is 5.82 Å². The Bertz CT molecular complexity index is 1050. The molecule has 0 N–H and O–H groups in total. The number of amides is 1. The molecule has 1 aliphatic rings. The van der Waals surface area contributed by atoms with Crippen molar-refractivity contribution in [2.24, 2.45) is 0 Å². The summed E-state index contributed by atoms with van der Waals surface area (Å²) in [5, 5.41) is 0. The number of halogens is 2. The maximum Gasteiger partial charge on any atom is 0.338 e. The number of fused-ring (bicyclic) bond motifs is 1. The van der Waals surface area contributed by atoms with Gasteiger partial charge >= 0.3 is 12.5 Å². The second kappa shape index (κ2) is 7.38. The van der Waals surface area contributed by atoms with Gasteiger partial charge in [-0.3, -0.25) is 9.36 Å². The second-order valence-corrected chi connectivity index (χ2v) is 6.44. The van der Waals surface area contributed by atoms with Crippen LogP contribution in [0, 0.1) is 0 Å². The molecule has 0 spiro atoms. The molecule has 1 saturated heterocycles. The highest BCUT2D eigenvalue weighted by atomic mass is 19.3. The average Bonchev–Trinajstić information content (AvgIpc) is 3.29. The van der Waals surface area contributed by atoms with Gasteiger partial charge in [0.1, 0.15) is 6.61 Å². The van der Waals surface area contributed by atoms with Crippen LogP contribution in [0.3, 0.4) is 0 Å². The predicted octanol–water partition coefficient (Wildman–Crippen LogP) is 3.92. The second-order valence-electron chi connectivity index (χ2n) is 6.44. The third-order valence-electron chi connectivity index (χ3n) is 4.66. The molecular formula is C20H17F2N3O3. The molecule has 6 nitrogen and oxygen atoms in total. The van der Waals surface area contributed by atoms with Crippen molar-refractivity contribution in [1.29, 1.82) is 0 Å². The minimum atomic E-state index is -2.80. The minimum absolute atomic E-state index is 0.0103. The lowest BCUT2D eigenvalue weighted by molar-refractivity contribution is -0.117. The Labute approximate surface area is 159 Å². The smallest absolute Gasteiger partial charge is 0.338 e. The minimum Gasteiger partial charge on any atom is -0.454 e. The van der Waals surface area contributed by atoms with E-state index in [9.17, 15) is 18.4 Å². The maximum atomic E-state index is 13.4. The van der Waals surface area contributed by atoms with E-state index < -0.39 is 12.5 Å². The van der Waals surface area contributed by atoms with Gasteiger partial charge in [-0.15, -0.1) is 0 Å². The van der Waals surface area contributed by atoms with E-state index in [0.29, 0.717) is 24.2 Å². The van der Waals surface area contributed by atoms with Gasteiger partial charge in [0, 0.05) is 18.7 Å². The molecule has 1 aliphatic heterocycles. The number of rotatable bonds is 5. The third-order valence-corrected chi connectivity index (χ3v) is 4.66. The number of nitrogens with zero attached hydrogens (tertiary/aromatic N) is 3. The lowest BCUT2D eigenvalue weighted by Crippen LogP contribution is -2.23. The molecular weight excluding hydrogens is 368 g/mol. The normalized spacial score (nSPS) is 14.2. The summed E-state index contributed by atoms with van der Waals surface area (Å²) in [5.74, 6) is -0.687. The highest BCUT2D eigenvalue weighted by Crippen LogP contribution is 2.25. The predicted molar refractivity (Wildman–Crippen MR) is 98.1 cm³/mol. The van der Waals surface area contributed by atoms with E-state index >= 15 is 0 Å². The summed E-state index contributed by atoms with van der Waals surface area (Å²) in [6.45, 7) is -2.58. The van der Waals surface area contributed by atoms with Gasteiger partial charge in [-0.25, -0.2) is 9.78 Å². The first-order valence-electron chi connectivity index (χ1n) is 8.86. The van der Waals surface area contributed by atoms with E-state index in [4.69, 9.17) is 4.74 Å². The number of alkyl halides is 2. The number of esters is 1. The molecule has 2 aromatic carbocycles. The molecule has 144 valence electrons. The van der Waals surface area contributed by atoms with Crippen LogP contribution < -0.4 is 4.90 Å². The molecule has 2 heterocycles. The fraction of sp³-hybridized carbons (Fsp3) is 0.250. The zero-order chi connectivity index (χ0) is 19.7. The number of carbonyl (C=O) groups excluding carboxylic acids is 2. The summed E-state index contributed by atoms with van der Waals surface area (Å²) < 4.78 is 32.9. The Hall–Kier alpha value is -3.29.